The first-order chi connectivity index (χ1) is 2.77. The molecule has 33 valence electrons. The molecule has 0 saturated heterocycles. The second-order valence-corrected chi connectivity index (χ2v) is 0.807. The molecule has 0 atom stereocenters. The van der Waals surface area contributed by atoms with Crippen LogP contribution in [0.25, 0.3) is 0 Å². The van der Waals surface area contributed by atoms with Gasteiger partial charge < -0.3 is 0 Å². The van der Waals surface area contributed by atoms with Crippen molar-refractivity contribution < 1.29 is 9.90 Å². The fourth-order valence-corrected chi connectivity index (χ4v) is 0.181. The summed E-state index contributed by atoms with van der Waals surface area (Å²) in [6.45, 7) is 0. The van der Waals surface area contributed by atoms with Gasteiger partial charge in [-0.1, -0.05) is 0 Å². The minimum absolute atomic E-state index is 1.28. The third-order valence-electron chi connectivity index (χ3n) is 0.126. The summed E-state index contributed by atoms with van der Waals surface area (Å²) >= 11 is 2.05. The van der Waals surface area contributed by atoms with Gasteiger partial charge in [0.15, 0.2) is 0 Å². The number of carbonyl (C=O) groups is 1. The van der Waals surface area contributed by atoms with Crippen LogP contribution in [-0.2, 0) is 0 Å². The monoisotopic (exact) mass is 153 g/mol. The van der Waals surface area contributed by atoms with E-state index in [1.807, 2.05) is 0 Å². The van der Waals surface area contributed by atoms with Gasteiger partial charge in [-0.15, -0.1) is 0 Å². The Morgan fingerprint density at radius 3 is 2.33 bits per heavy atom. The second-order valence-electron chi connectivity index (χ2n) is 0.464. The number of nitrogens with zero attached hydrogens (tertiary/aromatic N) is 2. The van der Waals surface area contributed by atoms with Gasteiger partial charge in [0, 0.05) is 0 Å². The van der Waals surface area contributed by atoms with Crippen LogP contribution in [0.4, 0.5) is 4.79 Å². The van der Waals surface area contributed by atoms with Crippen LogP contribution < -0.4 is 0 Å². The predicted octanol–water partition coefficient (Wildman–Crippen LogP) is 0.200. The predicted molar refractivity (Wildman–Crippen MR) is 18.6 cm³/mol. The zero-order valence-electron chi connectivity index (χ0n) is 2.66. The van der Waals surface area contributed by atoms with Crippen LogP contribution in [0.3, 0.4) is 0 Å². The van der Waals surface area contributed by atoms with E-state index < -0.39 is 6.09 Å². The summed E-state index contributed by atoms with van der Waals surface area (Å²) in [5.74, 6) is 0. The van der Waals surface area contributed by atoms with Crippen molar-refractivity contribution in [2.45, 2.75) is 0 Å². The first-order valence-corrected chi connectivity index (χ1v) is 1.80. The standard InChI is InChI=1S/CHN2O2Se/c4-1(5)2-3-6/h(H,4,5)/b3-2+. The van der Waals surface area contributed by atoms with Crippen molar-refractivity contribution in [1.82, 2.24) is 0 Å². The molecule has 0 aromatic carbocycles. The molecule has 0 aliphatic rings. The number of carboxylic acid groups (broad SMARTS) is 1. The quantitative estimate of drug-likeness (QED) is 0.398. The van der Waals surface area contributed by atoms with Gasteiger partial charge in [0.25, 0.3) is 0 Å². The van der Waals surface area contributed by atoms with E-state index >= 15 is 0 Å². The van der Waals surface area contributed by atoms with Crippen LogP contribution in [0.1, 0.15) is 0 Å². The Kier molecular flexibility index (Phi) is 2.62. The van der Waals surface area contributed by atoms with Crippen LogP contribution in [0.2, 0.25) is 0 Å². The molecule has 1 radical (unpaired) electrons. The summed E-state index contributed by atoms with van der Waals surface area (Å²) < 4.78 is 2.84. The summed E-state index contributed by atoms with van der Waals surface area (Å²) in [5, 5.41) is 10.2. The summed E-state index contributed by atoms with van der Waals surface area (Å²) in [7, 11) is 0. The van der Waals surface area contributed by atoms with E-state index in [1.165, 1.54) is 0 Å². The van der Waals surface area contributed by atoms with Gasteiger partial charge in [-0.05, 0) is 0 Å². The van der Waals surface area contributed by atoms with Gasteiger partial charge in [0.1, 0.15) is 0 Å². The molecule has 0 aliphatic carbocycles. The normalized spacial score (nSPS) is 9.33. The number of rotatable bonds is 0. The van der Waals surface area contributed by atoms with Crippen molar-refractivity contribution in [2.75, 3.05) is 0 Å². The molecule has 0 spiro atoms. The van der Waals surface area contributed by atoms with Gasteiger partial charge >= 0.3 is 41.5 Å². The molecule has 1 N–H and O–H groups in total. The van der Waals surface area contributed by atoms with Gasteiger partial charge in [0.2, 0.25) is 0 Å². The first-order valence-electron chi connectivity index (χ1n) is 1.03. The van der Waals surface area contributed by atoms with Crippen molar-refractivity contribution in [1.29, 1.82) is 0 Å². The molecule has 0 aromatic heterocycles. The third kappa shape index (κ3) is 3.59. The second kappa shape index (κ2) is 2.81. The third-order valence-corrected chi connectivity index (χ3v) is 0.298. The van der Waals surface area contributed by atoms with Crippen molar-refractivity contribution in [3.63, 3.8) is 0 Å². The summed E-state index contributed by atoms with van der Waals surface area (Å²) in [5.41, 5.74) is 0. The van der Waals surface area contributed by atoms with Crippen LogP contribution in [0, 0.1) is 0 Å². The van der Waals surface area contributed by atoms with E-state index in [9.17, 15) is 4.79 Å². The van der Waals surface area contributed by atoms with E-state index in [0.717, 1.165) is 0 Å². The van der Waals surface area contributed by atoms with Gasteiger partial charge in [-0.25, -0.2) is 0 Å². The van der Waals surface area contributed by atoms with E-state index in [2.05, 4.69) is 25.5 Å². The van der Waals surface area contributed by atoms with Gasteiger partial charge in [-0.3, -0.25) is 0 Å². The Hall–Kier alpha value is -0.411. The van der Waals surface area contributed by atoms with Gasteiger partial charge in [0.05, 0.1) is 0 Å². The Morgan fingerprint density at radius 1 is 1.83 bits per heavy atom. The van der Waals surface area contributed by atoms with Crippen molar-refractivity contribution in [3.8, 4) is 0 Å². The molecule has 0 fully saturated rings. The number of amides is 1. The van der Waals surface area contributed by atoms with E-state index in [0.29, 0.717) is 0 Å². The summed E-state index contributed by atoms with van der Waals surface area (Å²) in [6, 6.07) is 0. The summed E-state index contributed by atoms with van der Waals surface area (Å²) in [6.07, 6.45) is -1.28. The molecule has 0 rings (SSSR count). The zero-order chi connectivity index (χ0) is 4.99. The average Bonchev–Trinajstić information content (AvgIpc) is 1.35. The van der Waals surface area contributed by atoms with Gasteiger partial charge in [-0.2, -0.15) is 0 Å². The van der Waals surface area contributed by atoms with Crippen LogP contribution >= 0.6 is 0 Å². The fourth-order valence-electron chi connectivity index (χ4n) is 0.0349. The van der Waals surface area contributed by atoms with E-state index in [4.69, 9.17) is 5.11 Å². The average molecular weight is 152 g/mol. The van der Waals surface area contributed by atoms with E-state index in [1.54, 1.807) is 0 Å². The molecule has 0 bridgehead atoms. The van der Waals surface area contributed by atoms with Crippen LogP contribution in [-0.4, -0.2) is 27.4 Å². The molecule has 0 unspecified atom stereocenters. The van der Waals surface area contributed by atoms with Crippen molar-refractivity contribution in [2.24, 2.45) is 9.24 Å². The molecule has 0 saturated carbocycles. The Labute approximate surface area is 42.3 Å². The zero-order valence-corrected chi connectivity index (χ0v) is 4.37. The molecule has 0 aliphatic heterocycles. The number of hydrogen-bond donors (Lipinski definition) is 1. The maximum absolute atomic E-state index is 9.32. The maximum atomic E-state index is 9.32. The van der Waals surface area contributed by atoms with Crippen LogP contribution in [0.15, 0.2) is 9.24 Å². The molecular weight excluding hydrogens is 151 g/mol. The topological polar surface area (TPSA) is 62.0 Å². The summed E-state index contributed by atoms with van der Waals surface area (Å²) in [4.78, 5) is 9.32. The van der Waals surface area contributed by atoms with E-state index in [-0.39, 0.29) is 0 Å². The molecule has 1 amide bonds. The van der Waals surface area contributed by atoms with Crippen molar-refractivity contribution in [3.05, 3.63) is 0 Å². The number of hydrogen-bond acceptors (Lipinski definition) is 2. The molecule has 0 heterocycles. The molecular formula is CHN2O2Se. The minimum atomic E-state index is -1.28. The Balaban J connectivity index is 3.30. The molecule has 6 heavy (non-hydrogen) atoms. The molecule has 5 heteroatoms. The Morgan fingerprint density at radius 2 is 2.33 bits per heavy atom. The molecule has 0 aromatic rings. The first kappa shape index (κ1) is 5.59. The fraction of sp³-hybridized carbons (Fsp3) is 0. The van der Waals surface area contributed by atoms with Crippen LogP contribution in [0.5, 0.6) is 0 Å². The SMILES string of the molecule is O=C(O)/N=N/[Se]. The Bertz CT molecular complexity index is 79.6. The van der Waals surface area contributed by atoms with Crippen molar-refractivity contribution >= 4 is 22.3 Å². The molecule has 4 nitrogen and oxygen atoms in total.